The van der Waals surface area contributed by atoms with Gasteiger partial charge in [-0.15, -0.1) is 0 Å². The first-order chi connectivity index (χ1) is 14.7. The second-order valence-corrected chi connectivity index (χ2v) is 9.46. The van der Waals surface area contributed by atoms with E-state index < -0.39 is 0 Å². The molecule has 2 N–H and O–H groups in total. The summed E-state index contributed by atoms with van der Waals surface area (Å²) in [5, 5.41) is 0. The van der Waals surface area contributed by atoms with Crippen LogP contribution in [-0.4, -0.2) is 36.4 Å². The summed E-state index contributed by atoms with van der Waals surface area (Å²) in [4.78, 5) is 5.28. The first-order valence-corrected chi connectivity index (χ1v) is 11.1. The van der Waals surface area contributed by atoms with E-state index in [2.05, 4.69) is 73.5 Å². The van der Waals surface area contributed by atoms with Crippen LogP contribution in [0.15, 0.2) is 83.0 Å². The summed E-state index contributed by atoms with van der Waals surface area (Å²) in [6, 6.07) is 19.8. The van der Waals surface area contributed by atoms with Crippen LogP contribution in [0.2, 0.25) is 0 Å². The molecular formula is C26H29IN4. The number of rotatable bonds is 3. The Kier molecular flexibility index (Phi) is 5.01. The van der Waals surface area contributed by atoms with Gasteiger partial charge in [0.05, 0.1) is 36.1 Å². The molecule has 2 saturated heterocycles. The van der Waals surface area contributed by atoms with E-state index >= 15 is 0 Å². The minimum Gasteiger partial charge on any atom is -1.00 e. The van der Waals surface area contributed by atoms with E-state index in [1.807, 2.05) is 18.2 Å². The fraction of sp³-hybridized carbons (Fsp3) is 0.346. The molecular weight excluding hydrogens is 495 g/mol. The summed E-state index contributed by atoms with van der Waals surface area (Å²) in [6.45, 7) is 4.59. The van der Waals surface area contributed by atoms with Crippen molar-refractivity contribution in [3.63, 3.8) is 0 Å². The number of likely N-dealkylation sites (N-methyl/N-ethyl adjacent to an activating group) is 1. The number of allylic oxidation sites excluding steroid dienone is 2. The summed E-state index contributed by atoms with van der Waals surface area (Å²) in [7, 11) is 2.47. The Balaban J connectivity index is 0.00000204. The van der Waals surface area contributed by atoms with Gasteiger partial charge in [-0.25, -0.2) is 0 Å². The third-order valence-corrected chi connectivity index (χ3v) is 8.07. The van der Waals surface area contributed by atoms with Gasteiger partial charge in [-0.3, -0.25) is 4.99 Å². The van der Waals surface area contributed by atoms with E-state index in [9.17, 15) is 0 Å². The van der Waals surface area contributed by atoms with Crippen LogP contribution >= 0.6 is 0 Å². The van der Waals surface area contributed by atoms with E-state index in [-0.39, 0.29) is 29.4 Å². The molecule has 2 aromatic carbocycles. The standard InChI is InChI=1S/C26H29N4.HI/c1-3-18-17-30(2)14-13-26-22-11-7-8-12-23(22)28-25(26)21(20(18)15-24(26)30)16-27-29-19-9-5-4-6-10-19;/h3-12,16,20,24,27,29H,13-15,17H2,1-2H3;1H/q+1;/p-1/b18-3+,21-16-;/t20-,24-,26+,30?;/m0./s1. The summed E-state index contributed by atoms with van der Waals surface area (Å²) < 4.78 is 1.16. The number of benzene rings is 2. The number of halogens is 1. The maximum absolute atomic E-state index is 5.28. The lowest BCUT2D eigenvalue weighted by molar-refractivity contribution is -0.923. The third kappa shape index (κ3) is 2.85. The number of hydrazine groups is 1. The Labute approximate surface area is 201 Å². The number of nitrogens with one attached hydrogen (secondary N) is 2. The molecule has 0 amide bonds. The molecule has 4 nitrogen and oxygen atoms in total. The van der Waals surface area contributed by atoms with Crippen molar-refractivity contribution < 1.29 is 28.5 Å². The molecule has 31 heavy (non-hydrogen) atoms. The van der Waals surface area contributed by atoms with Crippen molar-refractivity contribution in [1.82, 2.24) is 5.43 Å². The number of anilines is 1. The molecule has 5 heteroatoms. The summed E-state index contributed by atoms with van der Waals surface area (Å²) in [6.07, 6.45) is 6.95. The molecule has 1 spiro atoms. The molecule has 2 bridgehead atoms. The predicted octanol–water partition coefficient (Wildman–Crippen LogP) is 1.71. The summed E-state index contributed by atoms with van der Waals surface area (Å²) in [5.41, 5.74) is 14.8. The molecule has 3 aliphatic heterocycles. The molecule has 3 heterocycles. The average molecular weight is 524 g/mol. The van der Waals surface area contributed by atoms with Gasteiger partial charge in [0.2, 0.25) is 0 Å². The van der Waals surface area contributed by atoms with E-state index in [0.717, 1.165) is 16.7 Å². The molecule has 6 rings (SSSR count). The van der Waals surface area contributed by atoms with Gasteiger partial charge in [0.25, 0.3) is 0 Å². The molecule has 0 radical (unpaired) electrons. The number of para-hydroxylation sites is 2. The van der Waals surface area contributed by atoms with Crippen LogP contribution in [0.5, 0.6) is 0 Å². The Morgan fingerprint density at radius 3 is 2.68 bits per heavy atom. The van der Waals surface area contributed by atoms with Gasteiger partial charge in [-0.1, -0.05) is 42.5 Å². The summed E-state index contributed by atoms with van der Waals surface area (Å²) in [5.74, 6) is 0.454. The average Bonchev–Trinajstić information content (AvgIpc) is 3.29. The van der Waals surface area contributed by atoms with Crippen LogP contribution in [0.4, 0.5) is 11.4 Å². The molecule has 1 unspecified atom stereocenters. The number of hydrogen-bond acceptors (Lipinski definition) is 3. The van der Waals surface area contributed by atoms with Gasteiger partial charge >= 0.3 is 0 Å². The molecule has 160 valence electrons. The predicted molar refractivity (Wildman–Crippen MR) is 123 cm³/mol. The van der Waals surface area contributed by atoms with Gasteiger partial charge < -0.3 is 39.3 Å². The first-order valence-electron chi connectivity index (χ1n) is 11.1. The fourth-order valence-electron chi connectivity index (χ4n) is 6.71. The van der Waals surface area contributed by atoms with E-state index in [0.29, 0.717) is 12.0 Å². The highest BCUT2D eigenvalue weighted by Gasteiger charge is 2.68. The van der Waals surface area contributed by atoms with Crippen molar-refractivity contribution in [2.75, 3.05) is 25.6 Å². The highest BCUT2D eigenvalue weighted by atomic mass is 127. The van der Waals surface area contributed by atoms with Crippen molar-refractivity contribution in [3.05, 3.63) is 83.6 Å². The van der Waals surface area contributed by atoms with Crippen LogP contribution < -0.4 is 34.8 Å². The first kappa shape index (κ1) is 20.8. The smallest absolute Gasteiger partial charge is 0.106 e. The normalized spacial score (nSPS) is 34.6. The maximum Gasteiger partial charge on any atom is 0.106 e. The van der Waals surface area contributed by atoms with Crippen molar-refractivity contribution >= 4 is 17.1 Å². The summed E-state index contributed by atoms with van der Waals surface area (Å²) >= 11 is 0. The van der Waals surface area contributed by atoms with Crippen LogP contribution in [-0.2, 0) is 5.41 Å². The molecule has 4 aliphatic rings. The number of nitrogens with zero attached hydrogens (tertiary/aromatic N) is 2. The monoisotopic (exact) mass is 524 g/mol. The molecule has 2 aromatic rings. The van der Waals surface area contributed by atoms with Gasteiger partial charge in [0, 0.05) is 25.0 Å². The van der Waals surface area contributed by atoms with Crippen molar-refractivity contribution in [2.24, 2.45) is 10.9 Å². The largest absolute Gasteiger partial charge is 1.00 e. The highest BCUT2D eigenvalue weighted by Crippen LogP contribution is 2.61. The Morgan fingerprint density at radius 1 is 1.10 bits per heavy atom. The number of piperidine rings is 1. The molecule has 3 fully saturated rings. The van der Waals surface area contributed by atoms with Gasteiger partial charge in [0.1, 0.15) is 12.6 Å². The lowest BCUT2D eigenvalue weighted by atomic mass is 9.58. The number of aliphatic imine (C=N–C) groups is 1. The molecule has 1 aliphatic carbocycles. The number of hydrogen-bond donors (Lipinski definition) is 2. The second kappa shape index (κ2) is 7.48. The lowest BCUT2D eigenvalue weighted by Gasteiger charge is -2.52. The van der Waals surface area contributed by atoms with Gasteiger partial charge in [-0.05, 0) is 41.8 Å². The minimum atomic E-state index is 0. The van der Waals surface area contributed by atoms with E-state index in [4.69, 9.17) is 4.99 Å². The van der Waals surface area contributed by atoms with Gasteiger partial charge in [-0.2, -0.15) is 0 Å². The molecule has 0 aromatic heterocycles. The molecule has 4 atom stereocenters. The lowest BCUT2D eigenvalue weighted by Crippen LogP contribution is -3.00. The van der Waals surface area contributed by atoms with E-state index in [1.54, 1.807) is 5.57 Å². The van der Waals surface area contributed by atoms with Crippen LogP contribution in [0.25, 0.3) is 0 Å². The zero-order valence-electron chi connectivity index (χ0n) is 18.1. The Bertz CT molecular complexity index is 1110. The minimum absolute atomic E-state index is 0. The van der Waals surface area contributed by atoms with Crippen molar-refractivity contribution in [3.8, 4) is 0 Å². The zero-order valence-corrected chi connectivity index (χ0v) is 20.3. The highest BCUT2D eigenvalue weighted by molar-refractivity contribution is 6.14. The third-order valence-electron chi connectivity index (χ3n) is 8.07. The van der Waals surface area contributed by atoms with Gasteiger partial charge in [0.15, 0.2) is 0 Å². The van der Waals surface area contributed by atoms with Crippen molar-refractivity contribution in [1.29, 1.82) is 0 Å². The Hall–Kier alpha value is -2.12. The second-order valence-electron chi connectivity index (χ2n) is 9.46. The van der Waals surface area contributed by atoms with Crippen LogP contribution in [0, 0.1) is 5.92 Å². The quantitative estimate of drug-likeness (QED) is 0.278. The number of fused-ring (bicyclic) bond motifs is 2. The molecule has 1 saturated carbocycles. The topological polar surface area (TPSA) is 36.4 Å². The SMILES string of the molecule is C/C=C1\C[N+]2(C)CC[C@@]34C(=Nc5ccccc53)/C(=C\NNc3ccccc3)[C@H]1C[C@@H]42.[I-]. The number of quaternary nitrogens is 1. The van der Waals surface area contributed by atoms with E-state index in [1.165, 1.54) is 41.9 Å². The van der Waals surface area contributed by atoms with Crippen molar-refractivity contribution in [2.45, 2.75) is 31.2 Å². The Morgan fingerprint density at radius 2 is 1.87 bits per heavy atom. The van der Waals surface area contributed by atoms with Crippen LogP contribution in [0.3, 0.4) is 0 Å². The van der Waals surface area contributed by atoms with Crippen LogP contribution in [0.1, 0.15) is 25.3 Å². The maximum atomic E-state index is 5.28. The zero-order chi connectivity index (χ0) is 20.3. The fourth-order valence-corrected chi connectivity index (χ4v) is 6.71.